The summed E-state index contributed by atoms with van der Waals surface area (Å²) in [4.78, 5) is 30.6. The van der Waals surface area contributed by atoms with E-state index in [-0.39, 0.29) is 24.5 Å². The summed E-state index contributed by atoms with van der Waals surface area (Å²) >= 11 is 0. The van der Waals surface area contributed by atoms with Crippen LogP contribution in [0, 0.1) is 11.8 Å². The topological polar surface area (TPSA) is 71.5 Å². The van der Waals surface area contributed by atoms with Crippen LogP contribution in [0.4, 0.5) is 0 Å². The van der Waals surface area contributed by atoms with Crippen molar-refractivity contribution >= 4 is 11.8 Å². The van der Waals surface area contributed by atoms with Crippen LogP contribution in [0.1, 0.15) is 23.2 Å². The van der Waals surface area contributed by atoms with Crippen molar-refractivity contribution in [3.05, 3.63) is 60.4 Å². The van der Waals surface area contributed by atoms with E-state index in [2.05, 4.69) is 10.3 Å². The number of carbonyl (C=O) groups excluding carboxylic acids is 2. The SMILES string of the molecule is O=C(NCC(=O)N1C[C@H]2CC[C@H](Oc3cccnc3)[C@H]2C1)c1ccccc1. The van der Waals surface area contributed by atoms with Crippen molar-refractivity contribution < 1.29 is 14.3 Å². The molecule has 1 saturated carbocycles. The highest BCUT2D eigenvalue weighted by atomic mass is 16.5. The largest absolute Gasteiger partial charge is 0.488 e. The molecule has 6 heteroatoms. The number of amides is 2. The zero-order valence-corrected chi connectivity index (χ0v) is 15.1. The van der Waals surface area contributed by atoms with Gasteiger partial charge in [0.2, 0.25) is 5.91 Å². The van der Waals surface area contributed by atoms with Crippen molar-refractivity contribution in [1.82, 2.24) is 15.2 Å². The highest BCUT2D eigenvalue weighted by Gasteiger charge is 2.45. The fourth-order valence-corrected chi connectivity index (χ4v) is 4.12. The van der Waals surface area contributed by atoms with Gasteiger partial charge in [-0.3, -0.25) is 14.6 Å². The Bertz CT molecular complexity index is 797. The van der Waals surface area contributed by atoms with Gasteiger partial charge in [0.15, 0.2) is 0 Å². The molecule has 2 amide bonds. The summed E-state index contributed by atoms with van der Waals surface area (Å²) in [6.45, 7) is 1.47. The standard InChI is InChI=1S/C21H23N3O3/c25-20(12-23-21(26)15-5-2-1-3-6-15)24-13-16-8-9-19(18(16)14-24)27-17-7-4-10-22-11-17/h1-7,10-11,16,18-19H,8-9,12-14H2,(H,23,26)/t16-,18+,19+/m1/s1. The summed E-state index contributed by atoms with van der Waals surface area (Å²) in [5.41, 5.74) is 0.563. The summed E-state index contributed by atoms with van der Waals surface area (Å²) in [5.74, 6) is 1.34. The number of rotatable bonds is 5. The minimum atomic E-state index is -0.221. The molecule has 1 aromatic carbocycles. The summed E-state index contributed by atoms with van der Waals surface area (Å²) in [7, 11) is 0. The molecular weight excluding hydrogens is 342 g/mol. The van der Waals surface area contributed by atoms with Crippen molar-refractivity contribution in [1.29, 1.82) is 0 Å². The summed E-state index contributed by atoms with van der Waals surface area (Å²) in [6, 6.07) is 12.7. The first-order chi connectivity index (χ1) is 13.2. The molecule has 2 aliphatic rings. The molecule has 27 heavy (non-hydrogen) atoms. The lowest BCUT2D eigenvalue weighted by atomic mass is 9.99. The number of pyridine rings is 1. The molecule has 1 saturated heterocycles. The fourth-order valence-electron chi connectivity index (χ4n) is 4.12. The van der Waals surface area contributed by atoms with E-state index in [1.54, 1.807) is 36.7 Å². The Hall–Kier alpha value is -2.89. The molecule has 1 N–H and O–H groups in total. The van der Waals surface area contributed by atoms with Gasteiger partial charge in [0.05, 0.1) is 12.7 Å². The van der Waals surface area contributed by atoms with Crippen LogP contribution in [-0.2, 0) is 4.79 Å². The zero-order chi connectivity index (χ0) is 18.6. The molecule has 6 nitrogen and oxygen atoms in total. The van der Waals surface area contributed by atoms with Crippen molar-refractivity contribution in [2.24, 2.45) is 11.8 Å². The van der Waals surface area contributed by atoms with Gasteiger partial charge in [-0.15, -0.1) is 0 Å². The van der Waals surface area contributed by atoms with Gasteiger partial charge in [0.25, 0.3) is 5.91 Å². The number of aromatic nitrogens is 1. The Balaban J connectivity index is 1.30. The maximum absolute atomic E-state index is 12.5. The van der Waals surface area contributed by atoms with Gasteiger partial charge in [-0.25, -0.2) is 0 Å². The Kier molecular flexibility index (Phi) is 5.05. The molecule has 0 spiro atoms. The normalized spacial score (nSPS) is 23.7. The Morgan fingerprint density at radius 2 is 1.96 bits per heavy atom. The molecule has 2 fully saturated rings. The number of fused-ring (bicyclic) bond motifs is 1. The quantitative estimate of drug-likeness (QED) is 0.881. The molecule has 1 aliphatic heterocycles. The molecule has 0 radical (unpaired) electrons. The number of ether oxygens (including phenoxy) is 1. The van der Waals surface area contributed by atoms with E-state index in [0.717, 1.165) is 25.1 Å². The van der Waals surface area contributed by atoms with Gasteiger partial charge in [0, 0.05) is 30.8 Å². The van der Waals surface area contributed by atoms with Crippen LogP contribution >= 0.6 is 0 Å². The second kappa shape index (κ2) is 7.78. The number of likely N-dealkylation sites (tertiary alicyclic amines) is 1. The zero-order valence-electron chi connectivity index (χ0n) is 15.1. The van der Waals surface area contributed by atoms with Gasteiger partial charge >= 0.3 is 0 Å². The van der Waals surface area contributed by atoms with E-state index < -0.39 is 0 Å². The molecule has 4 rings (SSSR count). The molecule has 1 aromatic heterocycles. The summed E-state index contributed by atoms with van der Waals surface area (Å²) in [5, 5.41) is 2.72. The van der Waals surface area contributed by atoms with Gasteiger partial charge in [-0.1, -0.05) is 18.2 Å². The third-order valence-electron chi connectivity index (χ3n) is 5.50. The minimum absolute atomic E-state index is 0.0291. The second-order valence-electron chi connectivity index (χ2n) is 7.19. The van der Waals surface area contributed by atoms with Crippen LogP contribution in [0.2, 0.25) is 0 Å². The maximum atomic E-state index is 12.5. The van der Waals surface area contributed by atoms with E-state index in [4.69, 9.17) is 4.74 Å². The van der Waals surface area contributed by atoms with Gasteiger partial charge in [-0.05, 0) is 43.0 Å². The number of hydrogen-bond acceptors (Lipinski definition) is 4. The number of carbonyl (C=O) groups is 2. The summed E-state index contributed by atoms with van der Waals surface area (Å²) in [6.07, 6.45) is 5.65. The number of benzene rings is 1. The van der Waals surface area contributed by atoms with Crippen LogP contribution in [0.3, 0.4) is 0 Å². The molecule has 2 heterocycles. The lowest BCUT2D eigenvalue weighted by Gasteiger charge is -2.22. The van der Waals surface area contributed by atoms with Gasteiger partial charge in [0.1, 0.15) is 11.9 Å². The molecule has 0 unspecified atom stereocenters. The number of nitrogens with zero attached hydrogens (tertiary/aromatic N) is 2. The third kappa shape index (κ3) is 3.94. The minimum Gasteiger partial charge on any atom is -0.488 e. The lowest BCUT2D eigenvalue weighted by molar-refractivity contribution is -0.129. The van der Waals surface area contributed by atoms with Gasteiger partial charge < -0.3 is 15.0 Å². The van der Waals surface area contributed by atoms with Crippen molar-refractivity contribution in [2.45, 2.75) is 18.9 Å². The number of hydrogen-bond donors (Lipinski definition) is 1. The first kappa shape index (κ1) is 17.5. The van der Waals surface area contributed by atoms with E-state index >= 15 is 0 Å². The number of nitrogens with one attached hydrogen (secondary N) is 1. The van der Waals surface area contributed by atoms with Crippen molar-refractivity contribution in [3.63, 3.8) is 0 Å². The average molecular weight is 365 g/mol. The van der Waals surface area contributed by atoms with E-state index in [1.807, 2.05) is 23.1 Å². The average Bonchev–Trinajstić information content (AvgIpc) is 3.29. The van der Waals surface area contributed by atoms with Crippen LogP contribution in [-0.4, -0.2) is 47.4 Å². The third-order valence-corrected chi connectivity index (χ3v) is 5.50. The molecule has 140 valence electrons. The molecule has 2 aromatic rings. The Morgan fingerprint density at radius 1 is 1.11 bits per heavy atom. The molecule has 0 bridgehead atoms. The predicted octanol–water partition coefficient (Wildman–Crippen LogP) is 2.13. The first-order valence-electron chi connectivity index (χ1n) is 9.38. The van der Waals surface area contributed by atoms with Crippen LogP contribution < -0.4 is 10.1 Å². The van der Waals surface area contributed by atoms with Crippen molar-refractivity contribution in [3.8, 4) is 5.75 Å². The highest BCUT2D eigenvalue weighted by Crippen LogP contribution is 2.40. The van der Waals surface area contributed by atoms with Crippen LogP contribution in [0.15, 0.2) is 54.9 Å². The molecule has 1 aliphatic carbocycles. The smallest absolute Gasteiger partial charge is 0.251 e. The predicted molar refractivity (Wildman–Crippen MR) is 100 cm³/mol. The van der Waals surface area contributed by atoms with Gasteiger partial charge in [-0.2, -0.15) is 0 Å². The first-order valence-corrected chi connectivity index (χ1v) is 9.38. The molecular formula is C21H23N3O3. The van der Waals surface area contributed by atoms with E-state index in [9.17, 15) is 9.59 Å². The summed E-state index contributed by atoms with van der Waals surface area (Å²) < 4.78 is 6.10. The van der Waals surface area contributed by atoms with E-state index in [1.165, 1.54) is 0 Å². The lowest BCUT2D eigenvalue weighted by Crippen LogP contribution is -2.40. The van der Waals surface area contributed by atoms with Crippen LogP contribution in [0.25, 0.3) is 0 Å². The van der Waals surface area contributed by atoms with Crippen LogP contribution in [0.5, 0.6) is 5.75 Å². The monoisotopic (exact) mass is 365 g/mol. The van der Waals surface area contributed by atoms with Crippen molar-refractivity contribution in [2.75, 3.05) is 19.6 Å². The Morgan fingerprint density at radius 3 is 2.74 bits per heavy atom. The Labute approximate surface area is 158 Å². The van der Waals surface area contributed by atoms with E-state index in [0.29, 0.717) is 23.9 Å². The molecule has 3 atom stereocenters. The highest BCUT2D eigenvalue weighted by molar-refractivity contribution is 5.96. The fraction of sp³-hybridized carbons (Fsp3) is 0.381. The second-order valence-corrected chi connectivity index (χ2v) is 7.19. The maximum Gasteiger partial charge on any atom is 0.251 e.